The van der Waals surface area contributed by atoms with Gasteiger partial charge in [-0.15, -0.1) is 0 Å². The van der Waals surface area contributed by atoms with E-state index in [1.165, 1.54) is 16.8 Å². The van der Waals surface area contributed by atoms with Crippen LogP contribution in [0.3, 0.4) is 0 Å². The van der Waals surface area contributed by atoms with Gasteiger partial charge in [0.1, 0.15) is 0 Å². The first-order chi connectivity index (χ1) is 8.24. The third-order valence-corrected chi connectivity index (χ3v) is 3.00. The van der Waals surface area contributed by atoms with Gasteiger partial charge in [-0.3, -0.25) is 0 Å². The Hall–Kier alpha value is -1.61. The first kappa shape index (κ1) is 11.9. The van der Waals surface area contributed by atoms with Crippen molar-refractivity contribution in [3.8, 4) is 5.69 Å². The molecule has 2 rings (SSSR count). The lowest BCUT2D eigenvalue weighted by Crippen LogP contribution is -2.04. The zero-order chi connectivity index (χ0) is 12.3. The molecule has 2 aromatic rings. The fraction of sp³-hybridized carbons (Fsp3) is 0.357. The highest BCUT2D eigenvalue weighted by atomic mass is 15.0. The average Bonchev–Trinajstić information content (AvgIpc) is 2.78. The minimum atomic E-state index is 0.805. The zero-order valence-corrected chi connectivity index (χ0v) is 10.7. The van der Waals surface area contributed by atoms with Crippen molar-refractivity contribution in [2.75, 3.05) is 7.05 Å². The number of imidazole rings is 1. The second-order valence-electron chi connectivity index (χ2n) is 4.27. The molecular formula is C14H19N3. The van der Waals surface area contributed by atoms with Gasteiger partial charge in [0.15, 0.2) is 0 Å². The van der Waals surface area contributed by atoms with Gasteiger partial charge in [0.05, 0.1) is 12.0 Å². The lowest BCUT2D eigenvalue weighted by atomic mass is 10.1. The highest BCUT2D eigenvalue weighted by molar-refractivity contribution is 5.40. The van der Waals surface area contributed by atoms with Gasteiger partial charge in [-0.05, 0) is 43.7 Å². The van der Waals surface area contributed by atoms with Gasteiger partial charge >= 0.3 is 0 Å². The summed E-state index contributed by atoms with van der Waals surface area (Å²) in [5.74, 6) is 0. The van der Waals surface area contributed by atoms with Crippen LogP contribution in [0.25, 0.3) is 5.69 Å². The van der Waals surface area contributed by atoms with Gasteiger partial charge in [-0.25, -0.2) is 4.98 Å². The molecule has 0 fully saturated rings. The summed E-state index contributed by atoms with van der Waals surface area (Å²) in [7, 11) is 1.93. The molecule has 0 atom stereocenters. The van der Waals surface area contributed by atoms with Crippen LogP contribution in [0.5, 0.6) is 0 Å². The van der Waals surface area contributed by atoms with Gasteiger partial charge in [-0.1, -0.05) is 13.0 Å². The van der Waals surface area contributed by atoms with Crippen LogP contribution in [0.1, 0.15) is 23.7 Å². The molecule has 0 aliphatic heterocycles. The number of hydrogen-bond donors (Lipinski definition) is 1. The molecule has 0 saturated carbocycles. The molecule has 1 N–H and O–H groups in total. The normalized spacial score (nSPS) is 10.8. The van der Waals surface area contributed by atoms with E-state index in [9.17, 15) is 0 Å². The third kappa shape index (κ3) is 2.56. The summed E-state index contributed by atoms with van der Waals surface area (Å²) < 4.78 is 2.07. The fourth-order valence-corrected chi connectivity index (χ4v) is 2.01. The smallest absolute Gasteiger partial charge is 0.0995 e. The van der Waals surface area contributed by atoms with E-state index in [-0.39, 0.29) is 0 Å². The highest BCUT2D eigenvalue weighted by Crippen LogP contribution is 2.15. The lowest BCUT2D eigenvalue weighted by molar-refractivity contribution is 0.796. The quantitative estimate of drug-likeness (QED) is 0.872. The number of benzene rings is 1. The lowest BCUT2D eigenvalue weighted by Gasteiger charge is -2.07. The molecule has 0 saturated heterocycles. The number of aryl methyl sites for hydroxylation is 2. The van der Waals surface area contributed by atoms with E-state index >= 15 is 0 Å². The molecule has 0 spiro atoms. The molecule has 0 bridgehead atoms. The van der Waals surface area contributed by atoms with Gasteiger partial charge in [0, 0.05) is 18.4 Å². The maximum absolute atomic E-state index is 4.36. The Morgan fingerprint density at radius 3 is 2.82 bits per heavy atom. The van der Waals surface area contributed by atoms with Crippen LogP contribution in [-0.4, -0.2) is 16.6 Å². The summed E-state index contributed by atoms with van der Waals surface area (Å²) in [5.41, 5.74) is 4.98. The van der Waals surface area contributed by atoms with Crippen LogP contribution in [-0.2, 0) is 13.0 Å². The molecule has 0 aliphatic carbocycles. The minimum Gasteiger partial charge on any atom is -0.314 e. The molecule has 0 aliphatic rings. The molecular weight excluding hydrogens is 210 g/mol. The predicted octanol–water partition coefficient (Wildman–Crippen LogP) is 2.46. The summed E-state index contributed by atoms with van der Waals surface area (Å²) in [6.45, 7) is 5.15. The largest absolute Gasteiger partial charge is 0.314 e. The molecule has 1 heterocycles. The standard InChI is InChI=1S/C14H19N3/c1-4-12-5-6-14(7-11(12)2)17-9-13(8-15-3)16-10-17/h5-7,9-10,15H,4,8H2,1-3H3. The topological polar surface area (TPSA) is 29.9 Å². The molecule has 1 aromatic carbocycles. The van der Waals surface area contributed by atoms with Crippen molar-refractivity contribution in [1.29, 1.82) is 0 Å². The van der Waals surface area contributed by atoms with Crippen molar-refractivity contribution in [1.82, 2.24) is 14.9 Å². The van der Waals surface area contributed by atoms with E-state index in [4.69, 9.17) is 0 Å². The second-order valence-corrected chi connectivity index (χ2v) is 4.27. The Morgan fingerprint density at radius 1 is 1.35 bits per heavy atom. The van der Waals surface area contributed by atoms with Crippen molar-refractivity contribution in [2.24, 2.45) is 0 Å². The van der Waals surface area contributed by atoms with Crippen molar-refractivity contribution < 1.29 is 0 Å². The molecule has 3 heteroatoms. The van der Waals surface area contributed by atoms with Crippen molar-refractivity contribution in [3.05, 3.63) is 47.5 Å². The van der Waals surface area contributed by atoms with Gasteiger partial charge in [0.25, 0.3) is 0 Å². The first-order valence-electron chi connectivity index (χ1n) is 6.02. The van der Waals surface area contributed by atoms with E-state index in [0.717, 1.165) is 18.7 Å². The summed E-state index contributed by atoms with van der Waals surface area (Å²) in [6, 6.07) is 6.56. The van der Waals surface area contributed by atoms with Gasteiger partial charge < -0.3 is 9.88 Å². The molecule has 0 amide bonds. The Labute approximate surface area is 103 Å². The fourth-order valence-electron chi connectivity index (χ4n) is 2.01. The van der Waals surface area contributed by atoms with Crippen LogP contribution in [0.2, 0.25) is 0 Å². The number of nitrogens with zero attached hydrogens (tertiary/aromatic N) is 2. The molecule has 17 heavy (non-hydrogen) atoms. The Morgan fingerprint density at radius 2 is 2.18 bits per heavy atom. The third-order valence-electron chi connectivity index (χ3n) is 3.00. The average molecular weight is 229 g/mol. The zero-order valence-electron chi connectivity index (χ0n) is 10.7. The van der Waals surface area contributed by atoms with Gasteiger partial charge in [-0.2, -0.15) is 0 Å². The van der Waals surface area contributed by atoms with Crippen LogP contribution < -0.4 is 5.32 Å². The van der Waals surface area contributed by atoms with Crippen molar-refractivity contribution in [3.63, 3.8) is 0 Å². The van der Waals surface area contributed by atoms with Crippen molar-refractivity contribution in [2.45, 2.75) is 26.8 Å². The van der Waals surface area contributed by atoms with Crippen LogP contribution in [0.15, 0.2) is 30.7 Å². The predicted molar refractivity (Wildman–Crippen MR) is 70.4 cm³/mol. The molecule has 1 aromatic heterocycles. The van der Waals surface area contributed by atoms with E-state index in [1.807, 2.05) is 13.4 Å². The number of nitrogens with one attached hydrogen (secondary N) is 1. The first-order valence-corrected chi connectivity index (χ1v) is 6.02. The van der Waals surface area contributed by atoms with E-state index in [2.05, 4.69) is 53.1 Å². The monoisotopic (exact) mass is 229 g/mol. The van der Waals surface area contributed by atoms with E-state index in [1.54, 1.807) is 0 Å². The minimum absolute atomic E-state index is 0.805. The Bertz CT molecular complexity index is 500. The molecule has 90 valence electrons. The number of rotatable bonds is 4. The SMILES string of the molecule is CCc1ccc(-n2cnc(CNC)c2)cc1C. The number of aromatic nitrogens is 2. The number of hydrogen-bond acceptors (Lipinski definition) is 2. The summed E-state index contributed by atoms with van der Waals surface area (Å²) in [6.07, 6.45) is 5.02. The molecule has 0 radical (unpaired) electrons. The summed E-state index contributed by atoms with van der Waals surface area (Å²) >= 11 is 0. The maximum Gasteiger partial charge on any atom is 0.0995 e. The summed E-state index contributed by atoms with van der Waals surface area (Å²) in [4.78, 5) is 4.36. The van der Waals surface area contributed by atoms with Crippen LogP contribution >= 0.6 is 0 Å². The summed E-state index contributed by atoms with van der Waals surface area (Å²) in [5, 5.41) is 3.10. The Balaban J connectivity index is 2.29. The Kier molecular flexibility index (Phi) is 3.59. The van der Waals surface area contributed by atoms with E-state index in [0.29, 0.717) is 0 Å². The van der Waals surface area contributed by atoms with Gasteiger partial charge in [0.2, 0.25) is 0 Å². The van der Waals surface area contributed by atoms with Crippen LogP contribution in [0.4, 0.5) is 0 Å². The second kappa shape index (κ2) is 5.15. The van der Waals surface area contributed by atoms with Crippen molar-refractivity contribution >= 4 is 0 Å². The molecule has 0 unspecified atom stereocenters. The van der Waals surface area contributed by atoms with E-state index < -0.39 is 0 Å². The highest BCUT2D eigenvalue weighted by Gasteiger charge is 2.02. The van der Waals surface area contributed by atoms with Crippen LogP contribution in [0, 0.1) is 6.92 Å². The molecule has 3 nitrogen and oxygen atoms in total. The maximum atomic E-state index is 4.36.